The highest BCUT2D eigenvalue weighted by atomic mass is 19.1. The van der Waals surface area contributed by atoms with Gasteiger partial charge >= 0.3 is 5.97 Å². The van der Waals surface area contributed by atoms with Crippen LogP contribution in [0.25, 0.3) is 0 Å². The van der Waals surface area contributed by atoms with Crippen molar-refractivity contribution in [1.82, 2.24) is 0 Å². The van der Waals surface area contributed by atoms with E-state index in [4.69, 9.17) is 15.6 Å². The van der Waals surface area contributed by atoms with Gasteiger partial charge in [-0.15, -0.1) is 0 Å². The van der Waals surface area contributed by atoms with Gasteiger partial charge in [-0.2, -0.15) is 0 Å². The molecule has 0 aliphatic heterocycles. The first-order valence-electron chi connectivity index (χ1n) is 5.86. The molecular formula is C13H18FNO3. The lowest BCUT2D eigenvalue weighted by atomic mass is 9.99. The molecule has 0 spiro atoms. The maximum Gasteiger partial charge on any atom is 0.303 e. The van der Waals surface area contributed by atoms with Crippen molar-refractivity contribution in [2.45, 2.75) is 25.9 Å². The van der Waals surface area contributed by atoms with E-state index in [0.29, 0.717) is 6.42 Å². The summed E-state index contributed by atoms with van der Waals surface area (Å²) in [6.07, 6.45) is 0.202. The zero-order valence-electron chi connectivity index (χ0n) is 10.3. The highest BCUT2D eigenvalue weighted by Crippen LogP contribution is 2.20. The Labute approximate surface area is 106 Å². The number of rotatable bonds is 7. The summed E-state index contributed by atoms with van der Waals surface area (Å²) in [5, 5.41) is 8.71. The predicted octanol–water partition coefficient (Wildman–Crippen LogP) is 2.03. The maximum absolute atomic E-state index is 13.3. The summed E-state index contributed by atoms with van der Waals surface area (Å²) in [4.78, 5) is 10.6. The van der Waals surface area contributed by atoms with Gasteiger partial charge in [-0.05, 0) is 37.9 Å². The van der Waals surface area contributed by atoms with Gasteiger partial charge in [0.05, 0.1) is 6.10 Å². The summed E-state index contributed by atoms with van der Waals surface area (Å²) in [7, 11) is 0. The monoisotopic (exact) mass is 255 g/mol. The summed E-state index contributed by atoms with van der Waals surface area (Å²) < 4.78 is 18.8. The van der Waals surface area contributed by atoms with Gasteiger partial charge in [0.25, 0.3) is 0 Å². The molecule has 1 aromatic carbocycles. The molecule has 0 bridgehead atoms. The second-order valence-corrected chi connectivity index (χ2v) is 4.29. The molecule has 0 saturated heterocycles. The topological polar surface area (TPSA) is 72.6 Å². The molecule has 2 atom stereocenters. The van der Waals surface area contributed by atoms with E-state index in [-0.39, 0.29) is 30.7 Å². The van der Waals surface area contributed by atoms with E-state index < -0.39 is 11.8 Å². The van der Waals surface area contributed by atoms with Crippen LogP contribution in [0.5, 0.6) is 5.75 Å². The van der Waals surface area contributed by atoms with E-state index >= 15 is 0 Å². The van der Waals surface area contributed by atoms with Crippen molar-refractivity contribution in [2.75, 3.05) is 6.54 Å². The van der Waals surface area contributed by atoms with Gasteiger partial charge in [0.15, 0.2) is 11.6 Å². The third-order valence-corrected chi connectivity index (χ3v) is 2.63. The molecule has 0 amide bonds. The summed E-state index contributed by atoms with van der Waals surface area (Å²) in [5.41, 5.74) is 5.50. The molecular weight excluding hydrogens is 237 g/mol. The third kappa shape index (κ3) is 4.71. The summed E-state index contributed by atoms with van der Waals surface area (Å²) in [6, 6.07) is 6.13. The molecule has 5 heteroatoms. The fourth-order valence-corrected chi connectivity index (χ4v) is 1.78. The number of carbonyl (C=O) groups is 1. The lowest BCUT2D eigenvalue weighted by Crippen LogP contribution is -2.25. The first-order valence-corrected chi connectivity index (χ1v) is 5.86. The standard InChI is InChI=1S/C13H18FNO3/c1-9(6-10(8-15)7-13(16)17)18-12-5-3-2-4-11(12)14/h2-5,9-10H,6-8,15H2,1H3,(H,16,17)/t9-,10?/m0/s1. The molecule has 0 aromatic heterocycles. The van der Waals surface area contributed by atoms with Crippen molar-refractivity contribution in [2.24, 2.45) is 11.7 Å². The number of carboxylic acid groups (broad SMARTS) is 1. The van der Waals surface area contributed by atoms with E-state index in [1.807, 2.05) is 0 Å². The number of carboxylic acids is 1. The van der Waals surface area contributed by atoms with Crippen LogP contribution in [0.1, 0.15) is 19.8 Å². The van der Waals surface area contributed by atoms with Gasteiger partial charge in [-0.3, -0.25) is 4.79 Å². The first-order chi connectivity index (χ1) is 8.52. The zero-order chi connectivity index (χ0) is 13.5. The third-order valence-electron chi connectivity index (χ3n) is 2.63. The van der Waals surface area contributed by atoms with Gasteiger partial charge in [0, 0.05) is 6.42 Å². The normalized spacial score (nSPS) is 13.9. The van der Waals surface area contributed by atoms with Crippen molar-refractivity contribution in [3.05, 3.63) is 30.1 Å². The second-order valence-electron chi connectivity index (χ2n) is 4.29. The first kappa shape index (κ1) is 14.4. The molecule has 4 nitrogen and oxygen atoms in total. The van der Waals surface area contributed by atoms with Crippen LogP contribution >= 0.6 is 0 Å². The Morgan fingerprint density at radius 3 is 2.72 bits per heavy atom. The largest absolute Gasteiger partial charge is 0.488 e. The van der Waals surface area contributed by atoms with Crippen LogP contribution in [-0.2, 0) is 4.79 Å². The average Bonchev–Trinajstić information content (AvgIpc) is 2.30. The zero-order valence-corrected chi connectivity index (χ0v) is 10.3. The highest BCUT2D eigenvalue weighted by Gasteiger charge is 2.17. The predicted molar refractivity (Wildman–Crippen MR) is 65.9 cm³/mol. The number of halogens is 1. The van der Waals surface area contributed by atoms with Crippen LogP contribution in [-0.4, -0.2) is 23.7 Å². The molecule has 3 N–H and O–H groups in total. The van der Waals surface area contributed by atoms with Crippen LogP contribution in [0.15, 0.2) is 24.3 Å². The lowest BCUT2D eigenvalue weighted by Gasteiger charge is -2.19. The molecule has 18 heavy (non-hydrogen) atoms. The van der Waals surface area contributed by atoms with Crippen LogP contribution in [0, 0.1) is 11.7 Å². The van der Waals surface area contributed by atoms with Crippen LogP contribution in [0.2, 0.25) is 0 Å². The van der Waals surface area contributed by atoms with Gasteiger partial charge in [-0.1, -0.05) is 12.1 Å². The number of hydrogen-bond acceptors (Lipinski definition) is 3. The van der Waals surface area contributed by atoms with Gasteiger partial charge in [0.2, 0.25) is 0 Å². The molecule has 0 aliphatic carbocycles. The van der Waals surface area contributed by atoms with Crippen molar-refractivity contribution in [3.8, 4) is 5.75 Å². The lowest BCUT2D eigenvalue weighted by molar-refractivity contribution is -0.138. The maximum atomic E-state index is 13.3. The summed E-state index contributed by atoms with van der Waals surface area (Å²) in [5.74, 6) is -1.30. The number of nitrogens with two attached hydrogens (primary N) is 1. The molecule has 100 valence electrons. The minimum absolute atomic E-state index is 0.00146. The molecule has 0 heterocycles. The molecule has 0 aliphatic rings. The minimum atomic E-state index is -0.886. The van der Waals surface area contributed by atoms with Crippen LogP contribution in [0.3, 0.4) is 0 Å². The Bertz CT molecular complexity index is 398. The van der Waals surface area contributed by atoms with E-state index in [1.54, 1.807) is 25.1 Å². The van der Waals surface area contributed by atoms with Crippen LogP contribution in [0.4, 0.5) is 4.39 Å². The Morgan fingerprint density at radius 2 is 2.17 bits per heavy atom. The second kappa shape index (κ2) is 6.96. The van der Waals surface area contributed by atoms with E-state index in [1.165, 1.54) is 6.07 Å². The van der Waals surface area contributed by atoms with Gasteiger partial charge < -0.3 is 15.6 Å². The summed E-state index contributed by atoms with van der Waals surface area (Å²) >= 11 is 0. The van der Waals surface area contributed by atoms with Crippen molar-refractivity contribution >= 4 is 5.97 Å². The smallest absolute Gasteiger partial charge is 0.303 e. The average molecular weight is 255 g/mol. The number of benzene rings is 1. The number of hydrogen-bond donors (Lipinski definition) is 2. The molecule has 1 rings (SSSR count). The van der Waals surface area contributed by atoms with Gasteiger partial charge in [0.1, 0.15) is 0 Å². The van der Waals surface area contributed by atoms with Crippen molar-refractivity contribution in [1.29, 1.82) is 0 Å². The van der Waals surface area contributed by atoms with E-state index in [9.17, 15) is 9.18 Å². The van der Waals surface area contributed by atoms with Crippen molar-refractivity contribution in [3.63, 3.8) is 0 Å². The molecule has 0 radical (unpaired) electrons. The minimum Gasteiger partial charge on any atom is -0.488 e. The van der Waals surface area contributed by atoms with E-state index in [0.717, 1.165) is 0 Å². The van der Waals surface area contributed by atoms with Crippen molar-refractivity contribution < 1.29 is 19.0 Å². The Balaban J connectivity index is 2.52. The van der Waals surface area contributed by atoms with E-state index in [2.05, 4.69) is 0 Å². The molecule has 0 fully saturated rings. The number of ether oxygens (including phenoxy) is 1. The highest BCUT2D eigenvalue weighted by molar-refractivity contribution is 5.67. The fraction of sp³-hybridized carbons (Fsp3) is 0.462. The Hall–Kier alpha value is -1.62. The molecule has 1 aromatic rings. The SMILES string of the molecule is C[C@@H](CC(CN)CC(=O)O)Oc1ccccc1F. The van der Waals surface area contributed by atoms with Gasteiger partial charge in [-0.25, -0.2) is 4.39 Å². The number of para-hydroxylation sites is 1. The summed E-state index contributed by atoms with van der Waals surface area (Å²) in [6.45, 7) is 2.05. The molecule has 0 saturated carbocycles. The van der Waals surface area contributed by atoms with Crippen LogP contribution < -0.4 is 10.5 Å². The Morgan fingerprint density at radius 1 is 1.50 bits per heavy atom. The fourth-order valence-electron chi connectivity index (χ4n) is 1.78. The quantitative estimate of drug-likeness (QED) is 0.782. The molecule has 1 unspecified atom stereocenters. The number of aliphatic carboxylic acids is 1. The Kier molecular flexibility index (Phi) is 5.58.